The number of aromatic nitrogens is 2. The zero-order chi connectivity index (χ0) is 19.5. The van der Waals surface area contributed by atoms with Crippen molar-refractivity contribution < 1.29 is 9.53 Å². The lowest BCUT2D eigenvalue weighted by Gasteiger charge is -2.22. The van der Waals surface area contributed by atoms with Gasteiger partial charge < -0.3 is 4.74 Å². The second kappa shape index (κ2) is 7.64. The van der Waals surface area contributed by atoms with E-state index in [1.54, 1.807) is 24.4 Å². The first-order chi connectivity index (χ1) is 13.7. The van der Waals surface area contributed by atoms with Crippen molar-refractivity contribution in [2.24, 2.45) is 0 Å². The molecular weight excluding hydrogens is 350 g/mol. The highest BCUT2D eigenvalue weighted by molar-refractivity contribution is 6.25. The molecule has 0 saturated heterocycles. The third kappa shape index (κ3) is 3.05. The SMILES string of the molecule is CCCC(=C1c2ccccc2C(=O)N1c1ccccc1)c1cnc(OC)nc1. The van der Waals surface area contributed by atoms with E-state index in [1.165, 1.54) is 0 Å². The van der Waals surface area contributed by atoms with Crippen LogP contribution in [0, 0.1) is 0 Å². The molecule has 140 valence electrons. The number of nitrogens with zero attached hydrogens (tertiary/aromatic N) is 3. The van der Waals surface area contributed by atoms with E-state index < -0.39 is 0 Å². The van der Waals surface area contributed by atoms with Crippen LogP contribution >= 0.6 is 0 Å². The molecule has 1 aliphatic rings. The van der Waals surface area contributed by atoms with Crippen molar-refractivity contribution in [3.8, 4) is 6.01 Å². The van der Waals surface area contributed by atoms with Crippen LogP contribution in [0.1, 0.15) is 41.3 Å². The molecule has 3 aromatic rings. The monoisotopic (exact) mass is 371 g/mol. The first kappa shape index (κ1) is 17.9. The molecule has 4 rings (SSSR count). The van der Waals surface area contributed by atoms with E-state index in [-0.39, 0.29) is 5.91 Å². The van der Waals surface area contributed by atoms with Crippen LogP contribution < -0.4 is 9.64 Å². The fourth-order valence-corrected chi connectivity index (χ4v) is 3.57. The lowest BCUT2D eigenvalue weighted by atomic mass is 9.97. The van der Waals surface area contributed by atoms with Crippen LogP contribution in [0.15, 0.2) is 67.0 Å². The molecule has 2 aromatic carbocycles. The molecule has 2 heterocycles. The minimum atomic E-state index is -0.0140. The summed E-state index contributed by atoms with van der Waals surface area (Å²) >= 11 is 0. The Bertz CT molecular complexity index is 1030. The number of anilines is 1. The molecule has 1 aliphatic heterocycles. The maximum Gasteiger partial charge on any atom is 0.316 e. The van der Waals surface area contributed by atoms with Gasteiger partial charge in [0.05, 0.1) is 12.8 Å². The summed E-state index contributed by atoms with van der Waals surface area (Å²) in [4.78, 5) is 23.6. The third-order valence-electron chi connectivity index (χ3n) is 4.80. The lowest BCUT2D eigenvalue weighted by Crippen LogP contribution is -2.23. The number of carbonyl (C=O) groups excluding carboxylic acids is 1. The van der Waals surface area contributed by atoms with E-state index in [0.29, 0.717) is 11.6 Å². The van der Waals surface area contributed by atoms with E-state index in [2.05, 4.69) is 16.9 Å². The number of carbonyl (C=O) groups is 1. The van der Waals surface area contributed by atoms with Gasteiger partial charge in [-0.1, -0.05) is 49.7 Å². The van der Waals surface area contributed by atoms with E-state index in [4.69, 9.17) is 4.74 Å². The smallest absolute Gasteiger partial charge is 0.316 e. The number of ether oxygens (including phenoxy) is 1. The van der Waals surface area contributed by atoms with Crippen LogP contribution in [-0.2, 0) is 0 Å². The number of fused-ring (bicyclic) bond motifs is 1. The molecule has 0 bridgehead atoms. The fraction of sp³-hybridized carbons (Fsp3) is 0.174. The van der Waals surface area contributed by atoms with Gasteiger partial charge in [0.25, 0.3) is 5.91 Å². The van der Waals surface area contributed by atoms with Crippen molar-refractivity contribution in [3.05, 3.63) is 83.7 Å². The van der Waals surface area contributed by atoms with E-state index >= 15 is 0 Å². The standard InChI is InChI=1S/C23H21N3O2/c1-3-9-18(16-14-24-23(28-2)25-15-16)21-19-12-7-8-13-20(19)22(27)26(21)17-10-5-4-6-11-17/h4-8,10-15H,3,9H2,1-2H3. The molecule has 1 aromatic heterocycles. The van der Waals surface area contributed by atoms with Gasteiger partial charge in [-0.15, -0.1) is 0 Å². The Kier molecular flexibility index (Phi) is 4.89. The number of benzene rings is 2. The molecule has 0 spiro atoms. The number of amides is 1. The molecule has 0 unspecified atom stereocenters. The molecule has 0 fully saturated rings. The Morgan fingerprint density at radius 3 is 2.25 bits per heavy atom. The zero-order valence-electron chi connectivity index (χ0n) is 15.9. The maximum atomic E-state index is 13.3. The Balaban J connectivity index is 1.97. The highest BCUT2D eigenvalue weighted by Crippen LogP contribution is 2.42. The van der Waals surface area contributed by atoms with Gasteiger partial charge in [-0.25, -0.2) is 9.97 Å². The van der Waals surface area contributed by atoms with Gasteiger partial charge in [-0.2, -0.15) is 0 Å². The Morgan fingerprint density at radius 2 is 1.61 bits per heavy atom. The highest BCUT2D eigenvalue weighted by Gasteiger charge is 2.35. The third-order valence-corrected chi connectivity index (χ3v) is 4.80. The van der Waals surface area contributed by atoms with Crippen LogP contribution in [0.25, 0.3) is 11.3 Å². The van der Waals surface area contributed by atoms with Gasteiger partial charge in [0.2, 0.25) is 0 Å². The summed E-state index contributed by atoms with van der Waals surface area (Å²) in [6.07, 6.45) is 5.26. The average molecular weight is 371 g/mol. The van der Waals surface area contributed by atoms with Gasteiger partial charge in [-0.3, -0.25) is 9.69 Å². The van der Waals surface area contributed by atoms with Crippen molar-refractivity contribution in [2.45, 2.75) is 19.8 Å². The van der Waals surface area contributed by atoms with Crippen LogP contribution in [0.3, 0.4) is 0 Å². The Labute approximate surface area is 164 Å². The fourth-order valence-electron chi connectivity index (χ4n) is 3.57. The second-order valence-electron chi connectivity index (χ2n) is 6.56. The topological polar surface area (TPSA) is 55.3 Å². The number of hydrogen-bond acceptors (Lipinski definition) is 4. The van der Waals surface area contributed by atoms with Crippen LogP contribution in [-0.4, -0.2) is 23.0 Å². The molecule has 0 atom stereocenters. The van der Waals surface area contributed by atoms with Gasteiger partial charge in [0.15, 0.2) is 0 Å². The summed E-state index contributed by atoms with van der Waals surface area (Å²) in [6, 6.07) is 17.8. The molecule has 5 nitrogen and oxygen atoms in total. The molecule has 0 radical (unpaired) electrons. The molecule has 1 amide bonds. The number of para-hydroxylation sites is 1. The molecule has 5 heteroatoms. The lowest BCUT2D eigenvalue weighted by molar-refractivity contribution is 0.101. The Morgan fingerprint density at radius 1 is 0.964 bits per heavy atom. The predicted molar refractivity (Wildman–Crippen MR) is 110 cm³/mol. The van der Waals surface area contributed by atoms with E-state index in [1.807, 2.05) is 54.6 Å². The number of allylic oxidation sites excluding steroid dienone is 1. The van der Waals surface area contributed by atoms with Crippen LogP contribution in [0.5, 0.6) is 6.01 Å². The van der Waals surface area contributed by atoms with E-state index in [0.717, 1.165) is 40.9 Å². The van der Waals surface area contributed by atoms with Gasteiger partial charge >= 0.3 is 6.01 Å². The zero-order valence-corrected chi connectivity index (χ0v) is 15.9. The summed E-state index contributed by atoms with van der Waals surface area (Å²) in [6.45, 7) is 2.13. The van der Waals surface area contributed by atoms with Gasteiger partial charge in [0.1, 0.15) is 0 Å². The molecule has 0 aliphatic carbocycles. The summed E-state index contributed by atoms with van der Waals surface area (Å²) in [5, 5.41) is 0. The van der Waals surface area contributed by atoms with E-state index in [9.17, 15) is 4.79 Å². The number of methoxy groups -OCH3 is 1. The quantitative estimate of drug-likeness (QED) is 0.646. The highest BCUT2D eigenvalue weighted by atomic mass is 16.5. The molecule has 0 N–H and O–H groups in total. The predicted octanol–water partition coefficient (Wildman–Crippen LogP) is 4.81. The summed E-state index contributed by atoms with van der Waals surface area (Å²) in [7, 11) is 1.55. The van der Waals surface area contributed by atoms with Gasteiger partial charge in [-0.05, 0) is 30.2 Å². The normalized spacial score (nSPS) is 14.8. The van der Waals surface area contributed by atoms with Crippen LogP contribution in [0.4, 0.5) is 5.69 Å². The molecule has 28 heavy (non-hydrogen) atoms. The van der Waals surface area contributed by atoms with Crippen molar-refractivity contribution in [3.63, 3.8) is 0 Å². The molecular formula is C23H21N3O2. The minimum absolute atomic E-state index is 0.0140. The van der Waals surface area contributed by atoms with Crippen molar-refractivity contribution in [2.75, 3.05) is 12.0 Å². The maximum absolute atomic E-state index is 13.3. The van der Waals surface area contributed by atoms with Crippen molar-refractivity contribution >= 4 is 22.9 Å². The average Bonchev–Trinajstić information content (AvgIpc) is 3.05. The molecule has 0 saturated carbocycles. The van der Waals surface area contributed by atoms with Gasteiger partial charge in [0, 0.05) is 34.8 Å². The van der Waals surface area contributed by atoms with Crippen molar-refractivity contribution in [1.29, 1.82) is 0 Å². The summed E-state index contributed by atoms with van der Waals surface area (Å²) in [5.41, 5.74) is 5.35. The minimum Gasteiger partial charge on any atom is -0.467 e. The number of hydrogen-bond donors (Lipinski definition) is 0. The number of rotatable bonds is 5. The van der Waals surface area contributed by atoms with Crippen LogP contribution in [0.2, 0.25) is 0 Å². The summed E-state index contributed by atoms with van der Waals surface area (Å²) < 4.78 is 5.10. The Hall–Kier alpha value is -3.47. The summed E-state index contributed by atoms with van der Waals surface area (Å²) in [5.74, 6) is -0.0140. The largest absolute Gasteiger partial charge is 0.467 e. The van der Waals surface area contributed by atoms with Crippen molar-refractivity contribution in [1.82, 2.24) is 9.97 Å². The first-order valence-electron chi connectivity index (χ1n) is 9.33. The second-order valence-corrected chi connectivity index (χ2v) is 6.56. The first-order valence-corrected chi connectivity index (χ1v) is 9.33.